The van der Waals surface area contributed by atoms with E-state index >= 15 is 0 Å². The number of phenols is 1. The number of nitrogens with one attached hydrogen (secondary N) is 2. The zero-order valence-corrected chi connectivity index (χ0v) is 11.0. The first-order valence-electron chi connectivity index (χ1n) is 6.41. The SMILES string of the molecule is Cc1cc(O)cc(NC(=O)c2cc(C3CNC3)no2)c1. The van der Waals surface area contributed by atoms with Crippen molar-refractivity contribution in [1.29, 1.82) is 0 Å². The molecule has 1 aliphatic heterocycles. The Kier molecular flexibility index (Phi) is 3.15. The summed E-state index contributed by atoms with van der Waals surface area (Å²) < 4.78 is 5.06. The van der Waals surface area contributed by atoms with E-state index in [1.807, 2.05) is 6.92 Å². The van der Waals surface area contributed by atoms with Gasteiger partial charge in [-0.25, -0.2) is 0 Å². The molecule has 0 radical (unpaired) electrons. The molecule has 6 heteroatoms. The van der Waals surface area contributed by atoms with E-state index in [-0.39, 0.29) is 17.4 Å². The highest BCUT2D eigenvalue weighted by Crippen LogP contribution is 2.22. The topological polar surface area (TPSA) is 87.4 Å². The van der Waals surface area contributed by atoms with E-state index in [0.29, 0.717) is 11.6 Å². The zero-order valence-electron chi connectivity index (χ0n) is 11.0. The van der Waals surface area contributed by atoms with Gasteiger partial charge in [0.25, 0.3) is 5.91 Å². The van der Waals surface area contributed by atoms with E-state index in [1.165, 1.54) is 6.07 Å². The molecule has 104 valence electrons. The number of hydrogen-bond donors (Lipinski definition) is 3. The van der Waals surface area contributed by atoms with Crippen molar-refractivity contribution >= 4 is 11.6 Å². The molecule has 1 aromatic heterocycles. The van der Waals surface area contributed by atoms with Gasteiger partial charge in [0.15, 0.2) is 0 Å². The average Bonchev–Trinajstić information content (AvgIpc) is 2.74. The van der Waals surface area contributed by atoms with Gasteiger partial charge in [-0.1, -0.05) is 5.16 Å². The van der Waals surface area contributed by atoms with Crippen LogP contribution in [0.4, 0.5) is 5.69 Å². The highest BCUT2D eigenvalue weighted by molar-refractivity contribution is 6.02. The second-order valence-corrected chi connectivity index (χ2v) is 4.98. The third-order valence-corrected chi connectivity index (χ3v) is 3.27. The van der Waals surface area contributed by atoms with Crippen molar-refractivity contribution < 1.29 is 14.4 Å². The molecule has 3 rings (SSSR count). The van der Waals surface area contributed by atoms with Crippen LogP contribution in [0.5, 0.6) is 5.75 Å². The van der Waals surface area contributed by atoms with E-state index in [2.05, 4.69) is 15.8 Å². The van der Waals surface area contributed by atoms with Gasteiger partial charge >= 0.3 is 0 Å². The maximum atomic E-state index is 12.0. The number of carbonyl (C=O) groups excluding carboxylic acids is 1. The predicted octanol–water partition coefficient (Wildman–Crippen LogP) is 1.63. The van der Waals surface area contributed by atoms with E-state index in [9.17, 15) is 9.90 Å². The molecule has 1 aliphatic rings. The van der Waals surface area contributed by atoms with Crippen LogP contribution in [0, 0.1) is 6.92 Å². The van der Waals surface area contributed by atoms with Gasteiger partial charge in [-0.2, -0.15) is 0 Å². The number of aromatic hydroxyl groups is 1. The van der Waals surface area contributed by atoms with E-state index in [1.54, 1.807) is 18.2 Å². The summed E-state index contributed by atoms with van der Waals surface area (Å²) in [5.41, 5.74) is 2.18. The number of aryl methyl sites for hydroxylation is 1. The summed E-state index contributed by atoms with van der Waals surface area (Å²) >= 11 is 0. The zero-order chi connectivity index (χ0) is 14.1. The minimum absolute atomic E-state index is 0.110. The molecule has 6 nitrogen and oxygen atoms in total. The van der Waals surface area contributed by atoms with Crippen LogP contribution in [-0.2, 0) is 0 Å². The summed E-state index contributed by atoms with van der Waals surface area (Å²) in [7, 11) is 0. The fraction of sp³-hybridized carbons (Fsp3) is 0.286. The van der Waals surface area contributed by atoms with Crippen molar-refractivity contribution in [2.45, 2.75) is 12.8 Å². The van der Waals surface area contributed by atoms with Gasteiger partial charge in [-0.05, 0) is 24.6 Å². The van der Waals surface area contributed by atoms with Crippen LogP contribution in [0.3, 0.4) is 0 Å². The highest BCUT2D eigenvalue weighted by atomic mass is 16.5. The van der Waals surface area contributed by atoms with Crippen LogP contribution < -0.4 is 10.6 Å². The Balaban J connectivity index is 1.73. The third kappa shape index (κ3) is 2.50. The fourth-order valence-corrected chi connectivity index (χ4v) is 2.11. The molecule has 0 aliphatic carbocycles. The normalized spacial score (nSPS) is 14.8. The minimum Gasteiger partial charge on any atom is -0.508 e. The average molecular weight is 273 g/mol. The smallest absolute Gasteiger partial charge is 0.294 e. The Morgan fingerprint density at radius 1 is 1.40 bits per heavy atom. The number of rotatable bonds is 3. The maximum Gasteiger partial charge on any atom is 0.294 e. The van der Waals surface area contributed by atoms with Gasteiger partial charge in [0, 0.05) is 36.8 Å². The molecule has 1 saturated heterocycles. The summed E-state index contributed by atoms with van der Waals surface area (Å²) in [5, 5.41) is 19.2. The van der Waals surface area contributed by atoms with Crippen LogP contribution >= 0.6 is 0 Å². The summed E-state index contributed by atoms with van der Waals surface area (Å²) in [6, 6.07) is 6.53. The Bertz CT molecular complexity index is 627. The molecular weight excluding hydrogens is 258 g/mol. The summed E-state index contributed by atoms with van der Waals surface area (Å²) in [6.07, 6.45) is 0. The van der Waals surface area contributed by atoms with Gasteiger partial charge in [-0.15, -0.1) is 0 Å². The van der Waals surface area contributed by atoms with Crippen molar-refractivity contribution in [2.24, 2.45) is 0 Å². The van der Waals surface area contributed by atoms with Crippen molar-refractivity contribution in [3.8, 4) is 5.75 Å². The fourth-order valence-electron chi connectivity index (χ4n) is 2.11. The van der Waals surface area contributed by atoms with Crippen LogP contribution in [0.15, 0.2) is 28.8 Å². The van der Waals surface area contributed by atoms with Crippen LogP contribution in [-0.4, -0.2) is 29.3 Å². The molecule has 2 aromatic rings. The quantitative estimate of drug-likeness (QED) is 0.791. The first-order valence-corrected chi connectivity index (χ1v) is 6.41. The lowest BCUT2D eigenvalue weighted by molar-refractivity contribution is 0.0987. The number of carbonyl (C=O) groups is 1. The summed E-state index contributed by atoms with van der Waals surface area (Å²) in [5.74, 6) is 0.233. The highest BCUT2D eigenvalue weighted by Gasteiger charge is 2.24. The molecule has 1 aromatic carbocycles. The largest absolute Gasteiger partial charge is 0.508 e. The van der Waals surface area contributed by atoms with Crippen molar-refractivity contribution in [3.05, 3.63) is 41.3 Å². The van der Waals surface area contributed by atoms with Gasteiger partial charge in [0.05, 0.1) is 5.69 Å². The lowest BCUT2D eigenvalue weighted by Gasteiger charge is -2.24. The van der Waals surface area contributed by atoms with Gasteiger partial charge in [0.1, 0.15) is 5.75 Å². The van der Waals surface area contributed by atoms with E-state index < -0.39 is 0 Å². The monoisotopic (exact) mass is 273 g/mol. The number of aromatic nitrogens is 1. The van der Waals surface area contributed by atoms with Crippen LogP contribution in [0.25, 0.3) is 0 Å². The molecule has 1 amide bonds. The minimum atomic E-state index is -0.374. The second kappa shape index (κ2) is 4.97. The first-order chi connectivity index (χ1) is 9.61. The molecule has 2 heterocycles. The van der Waals surface area contributed by atoms with Crippen molar-refractivity contribution in [3.63, 3.8) is 0 Å². The Morgan fingerprint density at radius 3 is 2.85 bits per heavy atom. The summed E-state index contributed by atoms with van der Waals surface area (Å²) in [4.78, 5) is 12.0. The molecule has 20 heavy (non-hydrogen) atoms. The molecule has 3 N–H and O–H groups in total. The van der Waals surface area contributed by atoms with Gasteiger partial charge in [0.2, 0.25) is 5.76 Å². The summed E-state index contributed by atoms with van der Waals surface area (Å²) in [6.45, 7) is 3.56. The van der Waals surface area contributed by atoms with Crippen LogP contribution in [0.1, 0.15) is 27.7 Å². The van der Waals surface area contributed by atoms with E-state index in [4.69, 9.17) is 4.52 Å². The van der Waals surface area contributed by atoms with Gasteiger partial charge in [-0.3, -0.25) is 4.79 Å². The second-order valence-electron chi connectivity index (χ2n) is 4.98. The number of hydrogen-bond acceptors (Lipinski definition) is 5. The number of nitrogens with zero attached hydrogens (tertiary/aromatic N) is 1. The Hall–Kier alpha value is -2.34. The molecule has 0 unspecified atom stereocenters. The molecule has 0 saturated carbocycles. The van der Waals surface area contributed by atoms with E-state index in [0.717, 1.165) is 24.3 Å². The van der Waals surface area contributed by atoms with Gasteiger partial charge < -0.3 is 20.3 Å². The number of benzene rings is 1. The predicted molar refractivity (Wildman–Crippen MR) is 72.9 cm³/mol. The first kappa shape index (κ1) is 12.7. The standard InChI is InChI=1S/C14H15N3O3/c1-8-2-10(4-11(18)3-8)16-14(19)13-5-12(17-20-13)9-6-15-7-9/h2-5,9,15,18H,6-7H2,1H3,(H,16,19). The molecule has 0 atom stereocenters. The molecule has 0 bridgehead atoms. The molecular formula is C14H15N3O3. The van der Waals surface area contributed by atoms with Crippen LogP contribution in [0.2, 0.25) is 0 Å². The lowest BCUT2D eigenvalue weighted by atomic mass is 9.99. The molecule has 0 spiro atoms. The number of anilines is 1. The lowest BCUT2D eigenvalue weighted by Crippen LogP contribution is -2.40. The number of amides is 1. The third-order valence-electron chi connectivity index (χ3n) is 3.27. The molecule has 1 fully saturated rings. The van der Waals surface area contributed by atoms with Crippen molar-refractivity contribution in [1.82, 2.24) is 10.5 Å². The Morgan fingerprint density at radius 2 is 2.20 bits per heavy atom. The Labute approximate surface area is 115 Å². The van der Waals surface area contributed by atoms with Crippen molar-refractivity contribution in [2.75, 3.05) is 18.4 Å². The number of phenolic OH excluding ortho intramolecular Hbond substituents is 1. The maximum absolute atomic E-state index is 12.0.